The molecule has 0 aliphatic carbocycles. The van der Waals surface area contributed by atoms with Gasteiger partial charge in [-0.25, -0.2) is 21.9 Å². The zero-order chi connectivity index (χ0) is 18.9. The van der Waals surface area contributed by atoms with E-state index in [1.165, 1.54) is 47.5 Å². The SMILES string of the molecule is CN1OC[C@H](S(=O)(=O)NCc2ccc(F)cc2)[C@@H]1c1ccc(F)c(Cl)c1. The minimum Gasteiger partial charge on any atom is -0.297 e. The summed E-state index contributed by atoms with van der Waals surface area (Å²) in [5.74, 6) is -0.971. The second-order valence-corrected chi connectivity index (χ2v) is 8.38. The van der Waals surface area contributed by atoms with Crippen LogP contribution in [0.3, 0.4) is 0 Å². The molecule has 0 radical (unpaired) electrons. The summed E-state index contributed by atoms with van der Waals surface area (Å²) in [4.78, 5) is 5.38. The smallest absolute Gasteiger partial charge is 0.219 e. The molecule has 1 aliphatic heterocycles. The van der Waals surface area contributed by atoms with Gasteiger partial charge in [0.25, 0.3) is 0 Å². The molecule has 0 bridgehead atoms. The zero-order valence-corrected chi connectivity index (χ0v) is 15.4. The van der Waals surface area contributed by atoms with E-state index < -0.39 is 32.9 Å². The van der Waals surface area contributed by atoms with Crippen molar-refractivity contribution in [2.45, 2.75) is 17.8 Å². The normalized spacial score (nSPS) is 21.2. The van der Waals surface area contributed by atoms with Crippen molar-refractivity contribution in [3.05, 3.63) is 70.2 Å². The summed E-state index contributed by atoms with van der Waals surface area (Å²) < 4.78 is 54.4. The molecule has 1 N–H and O–H groups in total. The second-order valence-electron chi connectivity index (χ2n) is 5.99. The first-order valence-electron chi connectivity index (χ1n) is 7.81. The van der Waals surface area contributed by atoms with Crippen LogP contribution in [0.2, 0.25) is 5.02 Å². The molecule has 140 valence electrons. The standard InChI is InChI=1S/C17H17ClF2N2O3S/c1-22-17(12-4-7-15(20)14(18)8-12)16(10-25-22)26(23,24)21-9-11-2-5-13(19)6-3-11/h2-8,16-17,21H,9-10H2,1H3/t16-,17-/m0/s1. The predicted octanol–water partition coefficient (Wildman–Crippen LogP) is 3.02. The summed E-state index contributed by atoms with van der Waals surface area (Å²) in [6.07, 6.45) is 0. The quantitative estimate of drug-likeness (QED) is 0.835. The van der Waals surface area contributed by atoms with Crippen LogP contribution in [0.5, 0.6) is 0 Å². The minimum atomic E-state index is -3.77. The van der Waals surface area contributed by atoms with Gasteiger partial charge in [-0.2, -0.15) is 5.06 Å². The van der Waals surface area contributed by atoms with Crippen molar-refractivity contribution in [2.24, 2.45) is 0 Å². The molecule has 1 saturated heterocycles. The van der Waals surface area contributed by atoms with E-state index in [1.54, 1.807) is 7.05 Å². The van der Waals surface area contributed by atoms with Gasteiger partial charge in [0.1, 0.15) is 16.9 Å². The van der Waals surface area contributed by atoms with Gasteiger partial charge in [0, 0.05) is 13.6 Å². The third-order valence-corrected chi connectivity index (χ3v) is 6.29. The minimum absolute atomic E-state index is 0.0275. The van der Waals surface area contributed by atoms with Gasteiger partial charge in [0.05, 0.1) is 17.7 Å². The van der Waals surface area contributed by atoms with Gasteiger partial charge in [0.15, 0.2) is 0 Å². The topological polar surface area (TPSA) is 58.6 Å². The van der Waals surface area contributed by atoms with Crippen molar-refractivity contribution in [1.29, 1.82) is 0 Å². The van der Waals surface area contributed by atoms with E-state index in [1.807, 2.05) is 0 Å². The molecular weight excluding hydrogens is 386 g/mol. The highest BCUT2D eigenvalue weighted by atomic mass is 35.5. The Morgan fingerprint density at radius 3 is 2.58 bits per heavy atom. The molecule has 0 saturated carbocycles. The van der Waals surface area contributed by atoms with Crippen LogP contribution in [0.4, 0.5) is 8.78 Å². The number of halogens is 3. The third kappa shape index (κ3) is 4.05. The number of sulfonamides is 1. The van der Waals surface area contributed by atoms with Crippen LogP contribution in [0, 0.1) is 11.6 Å². The summed E-state index contributed by atoms with van der Waals surface area (Å²) in [6, 6.07) is 8.98. The maximum atomic E-state index is 13.4. The Bertz CT molecular complexity index is 893. The van der Waals surface area contributed by atoms with E-state index >= 15 is 0 Å². The van der Waals surface area contributed by atoms with Crippen molar-refractivity contribution >= 4 is 21.6 Å². The summed E-state index contributed by atoms with van der Waals surface area (Å²) in [5.41, 5.74) is 1.16. The zero-order valence-electron chi connectivity index (χ0n) is 13.8. The Morgan fingerprint density at radius 1 is 1.23 bits per heavy atom. The van der Waals surface area contributed by atoms with Crippen LogP contribution in [0.15, 0.2) is 42.5 Å². The maximum absolute atomic E-state index is 13.4. The molecule has 0 spiro atoms. The highest BCUT2D eigenvalue weighted by Gasteiger charge is 2.43. The van der Waals surface area contributed by atoms with Crippen LogP contribution >= 0.6 is 11.6 Å². The fourth-order valence-corrected chi connectivity index (χ4v) is 4.55. The summed E-state index contributed by atoms with van der Waals surface area (Å²) in [7, 11) is -2.16. The Hall–Kier alpha value is -1.58. The van der Waals surface area contributed by atoms with Gasteiger partial charge in [-0.05, 0) is 35.4 Å². The highest BCUT2D eigenvalue weighted by molar-refractivity contribution is 7.90. The Labute approximate surface area is 155 Å². The number of hydroxylamine groups is 2. The number of nitrogens with zero attached hydrogens (tertiary/aromatic N) is 1. The molecule has 5 nitrogen and oxygen atoms in total. The molecule has 2 aromatic rings. The molecule has 26 heavy (non-hydrogen) atoms. The average molecular weight is 403 g/mol. The molecule has 9 heteroatoms. The molecule has 2 aromatic carbocycles. The van der Waals surface area contributed by atoms with Crippen molar-refractivity contribution in [3.8, 4) is 0 Å². The fourth-order valence-electron chi connectivity index (χ4n) is 2.87. The first-order valence-corrected chi connectivity index (χ1v) is 9.74. The van der Waals surface area contributed by atoms with Gasteiger partial charge in [0.2, 0.25) is 10.0 Å². The number of benzene rings is 2. The van der Waals surface area contributed by atoms with Crippen LogP contribution in [-0.4, -0.2) is 32.4 Å². The van der Waals surface area contributed by atoms with Gasteiger partial charge >= 0.3 is 0 Å². The number of rotatable bonds is 5. The van der Waals surface area contributed by atoms with Crippen LogP contribution in [0.1, 0.15) is 17.2 Å². The lowest BCUT2D eigenvalue weighted by atomic mass is 10.0. The molecule has 1 aliphatic rings. The van der Waals surface area contributed by atoms with Gasteiger partial charge in [-0.1, -0.05) is 29.8 Å². The summed E-state index contributed by atoms with van der Waals surface area (Å²) in [6.45, 7) is -0.0192. The van der Waals surface area contributed by atoms with E-state index in [4.69, 9.17) is 16.4 Å². The van der Waals surface area contributed by atoms with Crippen LogP contribution < -0.4 is 4.72 Å². The van der Waals surface area contributed by atoms with E-state index in [0.717, 1.165) is 0 Å². The largest absolute Gasteiger partial charge is 0.297 e. The van der Waals surface area contributed by atoms with E-state index in [2.05, 4.69) is 4.72 Å². The molecule has 1 fully saturated rings. The van der Waals surface area contributed by atoms with Crippen LogP contribution in [0.25, 0.3) is 0 Å². The number of nitrogens with one attached hydrogen (secondary N) is 1. The molecule has 0 aromatic heterocycles. The molecule has 1 heterocycles. The monoisotopic (exact) mass is 402 g/mol. The van der Waals surface area contributed by atoms with E-state index in [9.17, 15) is 17.2 Å². The lowest BCUT2D eigenvalue weighted by Crippen LogP contribution is -2.39. The summed E-state index contributed by atoms with van der Waals surface area (Å²) in [5, 5.41) is 0.429. The van der Waals surface area contributed by atoms with Gasteiger partial charge in [-0.3, -0.25) is 4.84 Å². The molecule has 0 amide bonds. The Kier molecular flexibility index (Phi) is 5.59. The van der Waals surface area contributed by atoms with Gasteiger partial charge in [-0.15, -0.1) is 0 Å². The van der Waals surface area contributed by atoms with Crippen LogP contribution in [-0.2, 0) is 21.4 Å². The van der Waals surface area contributed by atoms with E-state index in [0.29, 0.717) is 11.1 Å². The molecule has 3 rings (SSSR count). The van der Waals surface area contributed by atoms with Crippen molar-refractivity contribution in [2.75, 3.05) is 13.7 Å². The third-order valence-electron chi connectivity index (χ3n) is 4.26. The lowest BCUT2D eigenvalue weighted by molar-refractivity contribution is -0.110. The van der Waals surface area contributed by atoms with E-state index in [-0.39, 0.29) is 18.2 Å². The second kappa shape index (κ2) is 7.58. The first-order chi connectivity index (χ1) is 12.3. The first kappa shape index (κ1) is 19.2. The summed E-state index contributed by atoms with van der Waals surface area (Å²) >= 11 is 5.83. The highest BCUT2D eigenvalue weighted by Crippen LogP contribution is 2.34. The Morgan fingerprint density at radius 2 is 1.92 bits per heavy atom. The Balaban J connectivity index is 1.80. The van der Waals surface area contributed by atoms with Gasteiger partial charge < -0.3 is 0 Å². The average Bonchev–Trinajstić information content (AvgIpc) is 2.99. The number of hydrogen-bond donors (Lipinski definition) is 1. The predicted molar refractivity (Wildman–Crippen MR) is 93.8 cm³/mol. The molecular formula is C17H17ClF2N2O3S. The lowest BCUT2D eigenvalue weighted by Gasteiger charge is -2.23. The maximum Gasteiger partial charge on any atom is 0.219 e. The molecule has 0 unspecified atom stereocenters. The van der Waals surface area contributed by atoms with Crippen molar-refractivity contribution in [1.82, 2.24) is 9.79 Å². The van der Waals surface area contributed by atoms with Crippen molar-refractivity contribution < 1.29 is 22.0 Å². The fraction of sp³-hybridized carbons (Fsp3) is 0.294. The molecule has 2 atom stereocenters. The van der Waals surface area contributed by atoms with Crippen molar-refractivity contribution in [3.63, 3.8) is 0 Å². The number of hydrogen-bond acceptors (Lipinski definition) is 4.